The minimum absolute atomic E-state index is 0. The van der Waals surface area contributed by atoms with Crippen molar-refractivity contribution >= 4 is 48.1 Å². The fourth-order valence-electron chi connectivity index (χ4n) is 9.24. The predicted molar refractivity (Wildman–Crippen MR) is 321 cm³/mol. The molecule has 2 aliphatic heterocycles. The number of fused-ring (bicyclic) bond motifs is 2. The largest absolute Gasteiger partial charge is 1.00 e. The van der Waals surface area contributed by atoms with Crippen LogP contribution in [-0.2, 0) is 103 Å². The first-order valence-corrected chi connectivity index (χ1v) is 33.9. The Hall–Kier alpha value is -2.35. The molecule has 1 aromatic carbocycles. The van der Waals surface area contributed by atoms with E-state index >= 15 is 0 Å². The summed E-state index contributed by atoms with van der Waals surface area (Å²) in [6.07, 6.45) is 5.30. The summed E-state index contributed by atoms with van der Waals surface area (Å²) in [6.45, 7) is 16.6. The maximum atomic E-state index is 12.4. The minimum Gasteiger partial charge on any atom is -0.748 e. The van der Waals surface area contributed by atoms with Crippen molar-refractivity contribution < 1.29 is 169 Å². The van der Waals surface area contributed by atoms with Gasteiger partial charge in [0.25, 0.3) is 0 Å². The van der Waals surface area contributed by atoms with Crippen LogP contribution in [0.25, 0.3) is 17.4 Å². The molecular weight excluding hydrogens is 1260 g/mol. The molecular formula is C59H90N2Na2O24S3. The number of carboxylic acid groups (broad SMARTS) is 1. The average molecular weight is 1350 g/mol. The first-order chi connectivity index (χ1) is 41.9. The number of carbonyl (C=O) groups is 1. The quantitative estimate of drug-likeness (QED) is 0.0267. The third-order valence-corrected chi connectivity index (χ3v) is 16.0. The van der Waals surface area contributed by atoms with Gasteiger partial charge in [0.2, 0.25) is 5.36 Å². The second kappa shape index (κ2) is 45.2. The van der Waals surface area contributed by atoms with Crippen molar-refractivity contribution in [1.29, 1.82) is 0 Å². The van der Waals surface area contributed by atoms with Gasteiger partial charge in [-0.3, -0.25) is 4.79 Å². The summed E-state index contributed by atoms with van der Waals surface area (Å²) in [7, 11) is -12.4. The van der Waals surface area contributed by atoms with E-state index in [4.69, 9.17) is 66.4 Å². The number of aliphatic carboxylic acids is 1. The Bertz CT molecular complexity index is 2980. The van der Waals surface area contributed by atoms with E-state index in [1.165, 1.54) is 18.2 Å². The van der Waals surface area contributed by atoms with Gasteiger partial charge in [-0.05, 0) is 78.8 Å². The Balaban J connectivity index is 0.0000138. The zero-order valence-corrected chi connectivity index (χ0v) is 59.8. The van der Waals surface area contributed by atoms with Crippen LogP contribution in [0.1, 0.15) is 70.3 Å². The van der Waals surface area contributed by atoms with Crippen molar-refractivity contribution in [2.75, 3.05) is 195 Å². The number of benzene rings is 2. The Morgan fingerprint density at radius 1 is 0.611 bits per heavy atom. The molecule has 31 heteroatoms. The molecule has 1 aromatic rings. The zero-order chi connectivity index (χ0) is 64.3. The smallest absolute Gasteiger partial charge is 0.748 e. The Labute approximate surface area is 575 Å². The number of methoxy groups -OCH3 is 1. The van der Waals surface area contributed by atoms with E-state index in [1.54, 1.807) is 32.3 Å². The van der Waals surface area contributed by atoms with E-state index in [1.807, 2.05) is 33.7 Å². The number of carboxylic acids is 1. The summed E-state index contributed by atoms with van der Waals surface area (Å²) in [5.74, 6) is -1.21. The fourth-order valence-corrected chi connectivity index (χ4v) is 10.7. The molecule has 1 aliphatic carbocycles. The first kappa shape index (κ1) is 83.7. The Morgan fingerprint density at radius 3 is 1.54 bits per heavy atom. The SMILES string of the molecule is COCCOCCOCCOCCOCCOCC[N+](CCCS(=O)(=O)[O-])=c1ccc2c(C(C)(C)C)cc(/C=C/C=C3/N(CCOCCOCCOCCOCCOCCOCCC(=O)O)c4ccc(S(=O)(=O)[O-])cc4C3(C)CCCS(=O)(=O)[O-])oc-2c1.[Na+].[Na+]. The van der Waals surface area contributed by atoms with Gasteiger partial charge in [-0.1, -0.05) is 26.8 Å². The fraction of sp³-hybridized carbons (Fsp3) is 0.661. The Morgan fingerprint density at radius 2 is 1.08 bits per heavy atom. The summed E-state index contributed by atoms with van der Waals surface area (Å²) in [5, 5.41) is 9.32. The summed E-state index contributed by atoms with van der Waals surface area (Å²) >= 11 is 0. The number of nitrogens with zero attached hydrogens (tertiary/aromatic N) is 2. The monoisotopic (exact) mass is 1350 g/mol. The van der Waals surface area contributed by atoms with Crippen molar-refractivity contribution in [3.8, 4) is 11.3 Å². The van der Waals surface area contributed by atoms with E-state index in [2.05, 4.69) is 20.8 Å². The molecule has 0 saturated heterocycles. The topological polar surface area (TPSA) is 339 Å². The molecule has 0 aromatic heterocycles. The second-order valence-corrected chi connectivity index (χ2v) is 25.8. The van der Waals surface area contributed by atoms with Crippen molar-refractivity contribution in [3.63, 3.8) is 0 Å². The number of allylic oxidation sites excluding steroid dienone is 3. The van der Waals surface area contributed by atoms with Crippen LogP contribution in [0, 0.1) is 0 Å². The van der Waals surface area contributed by atoms with Crippen LogP contribution in [0.5, 0.6) is 0 Å². The maximum absolute atomic E-state index is 12.4. The van der Waals surface area contributed by atoms with Crippen LogP contribution in [-0.4, -0.2) is 240 Å². The summed E-state index contributed by atoms with van der Waals surface area (Å²) in [4.78, 5) is 11.9. The van der Waals surface area contributed by atoms with Gasteiger partial charge in [-0.25, -0.2) is 29.8 Å². The molecule has 2 heterocycles. The third-order valence-electron chi connectivity index (χ3n) is 13.6. The number of ether oxygens (including phenoxy) is 12. The van der Waals surface area contributed by atoms with E-state index < -0.39 is 63.6 Å². The van der Waals surface area contributed by atoms with Gasteiger partial charge in [-0.2, -0.15) is 0 Å². The number of hydrogen-bond donors (Lipinski definition) is 1. The van der Waals surface area contributed by atoms with Crippen LogP contribution in [0.15, 0.2) is 69.6 Å². The summed E-state index contributed by atoms with van der Waals surface area (Å²) in [6, 6.07) is 11.6. The van der Waals surface area contributed by atoms with Crippen LogP contribution in [0.3, 0.4) is 0 Å². The zero-order valence-electron chi connectivity index (χ0n) is 53.4. The summed E-state index contributed by atoms with van der Waals surface area (Å²) in [5.41, 5.74) is 1.85. The number of hydrogen-bond acceptors (Lipinski definition) is 24. The molecule has 0 saturated carbocycles. The standard InChI is InChI=1S/C59H92N2O24S3.2Na/c1-58(2,3)52-46-49(85-55-45-48(11-13-51(52)55)60(17-8-44-87(67,68)69)18-21-75-26-29-79-34-37-83-40-39-81-32-31-77-24-23-73-5)9-6-10-56-59(4,16-7-43-86(64,65)66)53-47-50(88(70,71)72)12-14-54(53)61(56)19-22-76-27-30-80-35-38-84-42-41-82-36-33-78-28-25-74-20-15-57(62)63;;/h6,9-14,45-47H,7-8,15-44H2,1-5H3,(H3-,62,63,64,65,66,67,68,69,70,71,72);;/q;2*+1/p-2. The van der Waals surface area contributed by atoms with E-state index in [-0.39, 0.29) is 138 Å². The average Bonchev–Trinajstić information content (AvgIpc) is 1.59. The molecule has 1 N–H and O–H groups in total. The van der Waals surface area contributed by atoms with Gasteiger partial charge in [0, 0.05) is 60.0 Å². The van der Waals surface area contributed by atoms with Gasteiger partial charge in [-0.15, -0.1) is 0 Å². The normalized spacial score (nSPS) is 15.4. The van der Waals surface area contributed by atoms with E-state index in [9.17, 15) is 43.7 Å². The number of anilines is 1. The first-order valence-electron chi connectivity index (χ1n) is 29.3. The molecule has 26 nitrogen and oxygen atoms in total. The molecule has 0 spiro atoms. The summed E-state index contributed by atoms with van der Waals surface area (Å²) < 4.78 is 182. The molecule has 0 radical (unpaired) electrons. The molecule has 0 fully saturated rings. The van der Waals surface area contributed by atoms with Crippen LogP contribution in [0.2, 0.25) is 0 Å². The molecule has 1 unspecified atom stereocenters. The molecule has 0 bridgehead atoms. The van der Waals surface area contributed by atoms with Gasteiger partial charge in [0.05, 0.1) is 183 Å². The van der Waals surface area contributed by atoms with Crippen molar-refractivity contribution in [3.05, 3.63) is 82.6 Å². The van der Waals surface area contributed by atoms with Gasteiger partial charge < -0.3 is 84.9 Å². The predicted octanol–water partition coefficient (Wildman–Crippen LogP) is -2.39. The molecule has 500 valence electrons. The van der Waals surface area contributed by atoms with Gasteiger partial charge >= 0.3 is 65.1 Å². The van der Waals surface area contributed by atoms with E-state index in [0.29, 0.717) is 153 Å². The van der Waals surface area contributed by atoms with Gasteiger partial charge in [0.1, 0.15) is 34.8 Å². The molecule has 3 aliphatic rings. The van der Waals surface area contributed by atoms with Crippen molar-refractivity contribution in [1.82, 2.24) is 4.58 Å². The number of rotatable bonds is 50. The van der Waals surface area contributed by atoms with Crippen molar-refractivity contribution in [2.24, 2.45) is 0 Å². The van der Waals surface area contributed by atoms with Crippen LogP contribution < -0.4 is 73.9 Å². The van der Waals surface area contributed by atoms with Crippen LogP contribution >= 0.6 is 0 Å². The van der Waals surface area contributed by atoms with E-state index in [0.717, 1.165) is 11.1 Å². The minimum atomic E-state index is -4.92. The molecule has 4 rings (SSSR count). The van der Waals surface area contributed by atoms with Crippen molar-refractivity contribution in [2.45, 2.75) is 69.1 Å². The maximum Gasteiger partial charge on any atom is 1.00 e. The van der Waals surface area contributed by atoms with Crippen LogP contribution in [0.4, 0.5) is 5.69 Å². The molecule has 0 amide bonds. The molecule has 1 atom stereocenters. The Kier molecular flexibility index (Phi) is 42.0. The van der Waals surface area contributed by atoms with Gasteiger partial charge in [0.15, 0.2) is 6.54 Å². The molecule has 90 heavy (non-hydrogen) atoms. The third kappa shape index (κ3) is 33.9. The second-order valence-electron chi connectivity index (χ2n) is 21.4.